The molecule has 0 saturated heterocycles. The summed E-state index contributed by atoms with van der Waals surface area (Å²) in [7, 11) is 3.63. The van der Waals surface area contributed by atoms with E-state index in [9.17, 15) is 0 Å². The molecular formula is C14H19N3OS. The predicted octanol–water partition coefficient (Wildman–Crippen LogP) is 2.53. The molecule has 1 aromatic carbocycles. The third-order valence-corrected chi connectivity index (χ3v) is 4.27. The van der Waals surface area contributed by atoms with Crippen LogP contribution in [0.2, 0.25) is 0 Å². The second-order valence-electron chi connectivity index (χ2n) is 4.37. The summed E-state index contributed by atoms with van der Waals surface area (Å²) in [6.45, 7) is 2.56. The van der Waals surface area contributed by atoms with E-state index in [4.69, 9.17) is 10.5 Å². The van der Waals surface area contributed by atoms with E-state index in [0.717, 1.165) is 16.5 Å². The van der Waals surface area contributed by atoms with Crippen LogP contribution in [0, 0.1) is 6.92 Å². The first kappa shape index (κ1) is 14.0. The Bertz CT molecular complexity index is 553. The lowest BCUT2D eigenvalue weighted by Crippen LogP contribution is -2.10. The molecule has 2 rings (SSSR count). The smallest absolute Gasteiger partial charge is 0.119 e. The van der Waals surface area contributed by atoms with Gasteiger partial charge in [0.2, 0.25) is 0 Å². The second kappa shape index (κ2) is 6.12. The Hall–Kier alpha value is -1.46. The highest BCUT2D eigenvalue weighted by Crippen LogP contribution is 2.35. The van der Waals surface area contributed by atoms with Gasteiger partial charge in [0.25, 0.3) is 0 Å². The van der Waals surface area contributed by atoms with E-state index < -0.39 is 0 Å². The van der Waals surface area contributed by atoms with Crippen LogP contribution in [-0.4, -0.2) is 23.4 Å². The van der Waals surface area contributed by atoms with Crippen molar-refractivity contribution in [2.24, 2.45) is 12.8 Å². The van der Waals surface area contributed by atoms with Crippen molar-refractivity contribution in [3.63, 3.8) is 0 Å². The summed E-state index contributed by atoms with van der Waals surface area (Å²) < 4.78 is 7.15. The van der Waals surface area contributed by atoms with Gasteiger partial charge in [-0.15, -0.1) is 0 Å². The molecule has 0 aliphatic heterocycles. The molecule has 2 N–H and O–H groups in total. The number of nitrogens with two attached hydrogens (primary N) is 1. The van der Waals surface area contributed by atoms with E-state index in [1.54, 1.807) is 18.9 Å². The first-order chi connectivity index (χ1) is 9.13. The summed E-state index contributed by atoms with van der Waals surface area (Å²) in [5, 5.41) is 5.68. The van der Waals surface area contributed by atoms with Crippen molar-refractivity contribution in [1.82, 2.24) is 9.78 Å². The molecule has 1 heterocycles. The van der Waals surface area contributed by atoms with Crippen molar-refractivity contribution in [1.29, 1.82) is 0 Å². The van der Waals surface area contributed by atoms with Gasteiger partial charge in [0.05, 0.1) is 17.8 Å². The Morgan fingerprint density at radius 1 is 1.42 bits per heavy atom. The Balaban J connectivity index is 2.22. The third kappa shape index (κ3) is 3.30. The number of aryl methyl sites for hydroxylation is 2. The van der Waals surface area contributed by atoms with E-state index in [1.807, 2.05) is 36.9 Å². The fraction of sp³-hybridized carbons (Fsp3) is 0.357. The molecular weight excluding hydrogens is 258 g/mol. The zero-order valence-electron chi connectivity index (χ0n) is 11.5. The monoisotopic (exact) mass is 277 g/mol. The quantitative estimate of drug-likeness (QED) is 0.853. The van der Waals surface area contributed by atoms with Gasteiger partial charge < -0.3 is 10.5 Å². The van der Waals surface area contributed by atoms with Gasteiger partial charge >= 0.3 is 0 Å². The first-order valence-electron chi connectivity index (χ1n) is 6.15. The lowest BCUT2D eigenvalue weighted by atomic mass is 10.1. The van der Waals surface area contributed by atoms with Crippen LogP contribution in [0.4, 0.5) is 0 Å². The van der Waals surface area contributed by atoms with E-state index in [-0.39, 0.29) is 5.25 Å². The van der Waals surface area contributed by atoms with Crippen LogP contribution in [-0.2, 0) is 7.05 Å². The maximum absolute atomic E-state index is 5.91. The Morgan fingerprint density at radius 3 is 2.79 bits per heavy atom. The van der Waals surface area contributed by atoms with Crippen LogP contribution in [0.25, 0.3) is 0 Å². The molecule has 1 unspecified atom stereocenters. The van der Waals surface area contributed by atoms with Crippen LogP contribution in [0.3, 0.4) is 0 Å². The lowest BCUT2D eigenvalue weighted by Gasteiger charge is -2.15. The van der Waals surface area contributed by atoms with Crippen molar-refractivity contribution in [2.75, 3.05) is 13.7 Å². The number of ether oxygens (including phenoxy) is 1. The average Bonchev–Trinajstić information content (AvgIpc) is 2.74. The van der Waals surface area contributed by atoms with E-state index >= 15 is 0 Å². The largest absolute Gasteiger partial charge is 0.497 e. The third-order valence-electron chi connectivity index (χ3n) is 2.90. The summed E-state index contributed by atoms with van der Waals surface area (Å²) in [6.07, 6.45) is 0. The molecule has 1 aromatic heterocycles. The van der Waals surface area contributed by atoms with Crippen molar-refractivity contribution in [3.8, 4) is 5.75 Å². The lowest BCUT2D eigenvalue weighted by molar-refractivity contribution is 0.414. The first-order valence-corrected chi connectivity index (χ1v) is 7.03. The molecule has 4 nitrogen and oxygen atoms in total. The summed E-state index contributed by atoms with van der Waals surface area (Å²) in [5.41, 5.74) is 8.10. The van der Waals surface area contributed by atoms with E-state index in [1.165, 1.54) is 5.56 Å². The maximum Gasteiger partial charge on any atom is 0.119 e. The minimum absolute atomic E-state index is 0.199. The molecule has 0 saturated carbocycles. The van der Waals surface area contributed by atoms with Crippen molar-refractivity contribution in [2.45, 2.75) is 17.2 Å². The highest BCUT2D eigenvalue weighted by molar-refractivity contribution is 7.99. The van der Waals surface area contributed by atoms with Gasteiger partial charge in [0.15, 0.2) is 0 Å². The molecule has 0 aliphatic rings. The SMILES string of the molecule is COc1cccc(C(CN)Sc2cc(C)nn2C)c1. The van der Waals surface area contributed by atoms with Crippen LogP contribution >= 0.6 is 11.8 Å². The minimum atomic E-state index is 0.199. The fourth-order valence-electron chi connectivity index (χ4n) is 1.94. The molecule has 5 heteroatoms. The van der Waals surface area contributed by atoms with Gasteiger partial charge in [-0.1, -0.05) is 23.9 Å². The Kier molecular flexibility index (Phi) is 4.50. The summed E-state index contributed by atoms with van der Waals surface area (Å²) in [4.78, 5) is 0. The predicted molar refractivity (Wildman–Crippen MR) is 78.6 cm³/mol. The molecule has 0 fully saturated rings. The minimum Gasteiger partial charge on any atom is -0.497 e. The number of aromatic nitrogens is 2. The normalized spacial score (nSPS) is 12.4. The number of rotatable bonds is 5. The van der Waals surface area contributed by atoms with Crippen LogP contribution in [0.5, 0.6) is 5.75 Å². The topological polar surface area (TPSA) is 53.1 Å². The van der Waals surface area contributed by atoms with E-state index in [0.29, 0.717) is 6.54 Å². The number of methoxy groups -OCH3 is 1. The Morgan fingerprint density at radius 2 is 2.21 bits per heavy atom. The summed E-state index contributed by atoms with van der Waals surface area (Å²) >= 11 is 1.73. The molecule has 0 radical (unpaired) electrons. The van der Waals surface area contributed by atoms with Crippen LogP contribution in [0.1, 0.15) is 16.5 Å². The molecule has 19 heavy (non-hydrogen) atoms. The summed E-state index contributed by atoms with van der Waals surface area (Å²) in [5.74, 6) is 0.859. The van der Waals surface area contributed by atoms with Crippen LogP contribution in [0.15, 0.2) is 35.4 Å². The summed E-state index contributed by atoms with van der Waals surface area (Å²) in [6, 6.07) is 10.1. The van der Waals surface area contributed by atoms with Gasteiger partial charge in [0.1, 0.15) is 5.75 Å². The number of nitrogens with zero attached hydrogens (tertiary/aromatic N) is 2. The van der Waals surface area contributed by atoms with Crippen molar-refractivity contribution in [3.05, 3.63) is 41.6 Å². The molecule has 0 aliphatic carbocycles. The molecule has 0 bridgehead atoms. The molecule has 0 spiro atoms. The average molecular weight is 277 g/mol. The fourth-order valence-corrected chi connectivity index (χ4v) is 3.04. The molecule has 0 amide bonds. The number of thioether (sulfide) groups is 1. The van der Waals surface area contributed by atoms with Gasteiger partial charge in [-0.3, -0.25) is 4.68 Å². The Labute approximate surface area is 117 Å². The van der Waals surface area contributed by atoms with Gasteiger partial charge in [-0.05, 0) is 30.7 Å². The highest BCUT2D eigenvalue weighted by atomic mass is 32.2. The zero-order valence-corrected chi connectivity index (χ0v) is 12.3. The number of hydrogen-bond donors (Lipinski definition) is 1. The van der Waals surface area contributed by atoms with Crippen LogP contribution < -0.4 is 10.5 Å². The maximum atomic E-state index is 5.91. The molecule has 1 atom stereocenters. The standard InChI is InChI=1S/C14H19N3OS/c1-10-7-14(17(2)16-10)19-13(9-15)11-5-4-6-12(8-11)18-3/h4-8,13H,9,15H2,1-3H3. The number of hydrogen-bond acceptors (Lipinski definition) is 4. The second-order valence-corrected chi connectivity index (χ2v) is 5.59. The molecule has 102 valence electrons. The van der Waals surface area contributed by atoms with Gasteiger partial charge in [0, 0.05) is 18.8 Å². The van der Waals surface area contributed by atoms with Crippen molar-refractivity contribution < 1.29 is 4.74 Å². The highest BCUT2D eigenvalue weighted by Gasteiger charge is 2.14. The zero-order chi connectivity index (χ0) is 13.8. The van der Waals surface area contributed by atoms with Gasteiger partial charge in [-0.25, -0.2) is 0 Å². The number of benzene rings is 1. The molecule has 2 aromatic rings. The van der Waals surface area contributed by atoms with Gasteiger partial charge in [-0.2, -0.15) is 5.10 Å². The van der Waals surface area contributed by atoms with Crippen molar-refractivity contribution >= 4 is 11.8 Å². The van der Waals surface area contributed by atoms with E-state index in [2.05, 4.69) is 17.2 Å².